The topological polar surface area (TPSA) is 118 Å². The molecule has 184 valence electrons. The van der Waals surface area contributed by atoms with Gasteiger partial charge in [-0.1, -0.05) is 24.3 Å². The molecule has 2 aromatic carbocycles. The number of fused-ring (bicyclic) bond motifs is 2. The van der Waals surface area contributed by atoms with E-state index in [-0.39, 0.29) is 29.9 Å². The van der Waals surface area contributed by atoms with Gasteiger partial charge >= 0.3 is 0 Å². The van der Waals surface area contributed by atoms with Gasteiger partial charge < -0.3 is 9.88 Å². The first-order valence-corrected chi connectivity index (χ1v) is 12.1. The molecule has 1 atom stereocenters. The summed E-state index contributed by atoms with van der Waals surface area (Å²) in [6, 6.07) is 11.9. The first-order chi connectivity index (χ1) is 17.4. The molecule has 3 aromatic rings. The minimum atomic E-state index is -0.979. The van der Waals surface area contributed by atoms with Crippen molar-refractivity contribution in [1.82, 2.24) is 20.1 Å². The van der Waals surface area contributed by atoms with Crippen molar-refractivity contribution >= 4 is 40.4 Å². The second kappa shape index (κ2) is 9.41. The van der Waals surface area contributed by atoms with E-state index in [0.717, 1.165) is 27.9 Å². The second-order valence-corrected chi connectivity index (χ2v) is 9.03. The quantitative estimate of drug-likeness (QED) is 0.393. The molecule has 36 heavy (non-hydrogen) atoms. The predicted octanol–water partition coefficient (Wildman–Crippen LogP) is 2.43. The van der Waals surface area contributed by atoms with E-state index >= 15 is 0 Å². The molecule has 1 saturated heterocycles. The summed E-state index contributed by atoms with van der Waals surface area (Å²) >= 11 is 0. The fraction of sp³-hybridized carbons (Fsp3) is 0.296. The number of carbonyl (C=O) groups excluding carboxylic acids is 5. The first kappa shape index (κ1) is 23.5. The summed E-state index contributed by atoms with van der Waals surface area (Å²) in [7, 11) is 0. The van der Waals surface area contributed by atoms with E-state index in [1.165, 1.54) is 0 Å². The maximum Gasteiger partial charge on any atom is 0.262 e. The Labute approximate surface area is 207 Å². The monoisotopic (exact) mass is 486 g/mol. The molecular formula is C27H26N4O5. The van der Waals surface area contributed by atoms with E-state index < -0.39 is 29.7 Å². The molecule has 0 saturated carbocycles. The van der Waals surface area contributed by atoms with Crippen molar-refractivity contribution in [2.24, 2.45) is 0 Å². The van der Waals surface area contributed by atoms with Crippen LogP contribution >= 0.6 is 0 Å². The number of hydrogen-bond acceptors (Lipinski definition) is 5. The zero-order valence-corrected chi connectivity index (χ0v) is 19.9. The number of piperidine rings is 1. The fourth-order valence-corrected chi connectivity index (χ4v) is 4.95. The van der Waals surface area contributed by atoms with E-state index in [4.69, 9.17) is 0 Å². The normalized spacial score (nSPS) is 17.5. The third kappa shape index (κ3) is 4.06. The average Bonchev–Trinajstić information content (AvgIpc) is 3.37. The number of para-hydroxylation sites is 1. The van der Waals surface area contributed by atoms with Crippen molar-refractivity contribution in [3.8, 4) is 0 Å². The number of aromatic nitrogens is 1. The highest BCUT2D eigenvalue weighted by molar-refractivity contribution is 6.23. The molecule has 3 heterocycles. The smallest absolute Gasteiger partial charge is 0.262 e. The van der Waals surface area contributed by atoms with Crippen molar-refractivity contribution < 1.29 is 24.0 Å². The number of nitrogens with one attached hydrogen (secondary N) is 2. The van der Waals surface area contributed by atoms with Crippen LogP contribution in [0.15, 0.2) is 48.7 Å². The van der Waals surface area contributed by atoms with Gasteiger partial charge in [0.05, 0.1) is 16.7 Å². The molecule has 5 amide bonds. The lowest BCUT2D eigenvalue weighted by atomic mass is 10.0. The molecule has 0 spiro atoms. The van der Waals surface area contributed by atoms with Crippen LogP contribution in [0.25, 0.3) is 10.9 Å². The van der Waals surface area contributed by atoms with E-state index in [2.05, 4.69) is 10.6 Å². The van der Waals surface area contributed by atoms with Gasteiger partial charge in [-0.05, 0) is 49.9 Å². The second-order valence-electron chi connectivity index (χ2n) is 9.03. The van der Waals surface area contributed by atoms with E-state index in [1.807, 2.05) is 42.0 Å². The van der Waals surface area contributed by atoms with E-state index in [9.17, 15) is 24.0 Å². The highest BCUT2D eigenvalue weighted by atomic mass is 16.2. The van der Waals surface area contributed by atoms with Gasteiger partial charge in [-0.25, -0.2) is 0 Å². The standard InChI is InChI=1S/C27H26N4O5/c1-2-30-15-20(17-7-3-4-8-21(17)30)24(33)28-13-5-6-16-9-10-18-19(14-16)27(36)31(26(18)35)22-11-12-23(32)29-25(22)34/h3-4,7-10,14-15,22H,2,5-6,11-13H2,1H3,(H,28,33)(H,29,32,34). The molecule has 0 bridgehead atoms. The van der Waals surface area contributed by atoms with Gasteiger partial charge in [0.1, 0.15) is 6.04 Å². The third-order valence-electron chi connectivity index (χ3n) is 6.81. The Morgan fingerprint density at radius 1 is 1.06 bits per heavy atom. The number of nitrogens with zero attached hydrogens (tertiary/aromatic N) is 2. The Hall–Kier alpha value is -4.27. The summed E-state index contributed by atoms with van der Waals surface area (Å²) in [6.07, 6.45) is 3.33. The summed E-state index contributed by atoms with van der Waals surface area (Å²) in [6.45, 7) is 3.26. The van der Waals surface area contributed by atoms with Crippen molar-refractivity contribution in [3.63, 3.8) is 0 Å². The maximum atomic E-state index is 13.0. The lowest BCUT2D eigenvalue weighted by Gasteiger charge is -2.27. The SMILES string of the molecule is CCn1cc(C(=O)NCCCc2ccc3c(c2)C(=O)N(C2CCC(=O)NC2=O)C3=O)c2ccccc21. The van der Waals surface area contributed by atoms with Gasteiger partial charge in [0.2, 0.25) is 11.8 Å². The fourth-order valence-electron chi connectivity index (χ4n) is 4.95. The Bertz CT molecular complexity index is 1420. The summed E-state index contributed by atoms with van der Waals surface area (Å²) in [5.74, 6) is -2.20. The molecule has 9 nitrogen and oxygen atoms in total. The highest BCUT2D eigenvalue weighted by Gasteiger charge is 2.44. The molecule has 2 N–H and O–H groups in total. The molecular weight excluding hydrogens is 460 g/mol. The van der Waals surface area contributed by atoms with Crippen LogP contribution in [0.2, 0.25) is 0 Å². The van der Waals surface area contributed by atoms with Crippen LogP contribution < -0.4 is 10.6 Å². The number of carbonyl (C=O) groups is 5. The lowest BCUT2D eigenvalue weighted by molar-refractivity contribution is -0.136. The molecule has 9 heteroatoms. The van der Waals surface area contributed by atoms with Crippen LogP contribution in [0, 0.1) is 0 Å². The van der Waals surface area contributed by atoms with Crippen LogP contribution in [0.1, 0.15) is 62.8 Å². The molecule has 1 unspecified atom stereocenters. The van der Waals surface area contributed by atoms with Crippen LogP contribution in [-0.4, -0.2) is 51.6 Å². The van der Waals surface area contributed by atoms with Gasteiger partial charge in [-0.2, -0.15) is 0 Å². The number of hydrogen-bond donors (Lipinski definition) is 2. The van der Waals surface area contributed by atoms with Crippen molar-refractivity contribution in [2.45, 2.75) is 45.2 Å². The lowest BCUT2D eigenvalue weighted by Crippen LogP contribution is -2.54. The summed E-state index contributed by atoms with van der Waals surface area (Å²) in [4.78, 5) is 63.2. The zero-order valence-electron chi connectivity index (χ0n) is 19.9. The van der Waals surface area contributed by atoms with Crippen LogP contribution in [-0.2, 0) is 22.6 Å². The van der Waals surface area contributed by atoms with E-state index in [1.54, 1.807) is 18.2 Å². The van der Waals surface area contributed by atoms with Crippen LogP contribution in [0.5, 0.6) is 0 Å². The maximum absolute atomic E-state index is 13.0. The summed E-state index contributed by atoms with van der Waals surface area (Å²) in [5, 5.41) is 6.08. The van der Waals surface area contributed by atoms with Gasteiger partial charge in [-0.15, -0.1) is 0 Å². The van der Waals surface area contributed by atoms with Crippen LogP contribution in [0.4, 0.5) is 0 Å². The minimum Gasteiger partial charge on any atom is -0.352 e. The predicted molar refractivity (Wildman–Crippen MR) is 131 cm³/mol. The van der Waals surface area contributed by atoms with Crippen molar-refractivity contribution in [2.75, 3.05) is 6.54 Å². The number of benzene rings is 2. The Kier molecular flexibility index (Phi) is 6.13. The average molecular weight is 487 g/mol. The third-order valence-corrected chi connectivity index (χ3v) is 6.81. The molecule has 1 aromatic heterocycles. The van der Waals surface area contributed by atoms with Crippen LogP contribution in [0.3, 0.4) is 0 Å². The van der Waals surface area contributed by atoms with Crippen molar-refractivity contribution in [1.29, 1.82) is 0 Å². The summed E-state index contributed by atoms with van der Waals surface area (Å²) < 4.78 is 2.05. The number of imide groups is 2. The molecule has 0 radical (unpaired) electrons. The Balaban J connectivity index is 1.21. The highest BCUT2D eigenvalue weighted by Crippen LogP contribution is 2.28. The van der Waals surface area contributed by atoms with Gasteiger partial charge in [0.15, 0.2) is 0 Å². The molecule has 0 aliphatic carbocycles. The van der Waals surface area contributed by atoms with E-state index in [0.29, 0.717) is 24.9 Å². The molecule has 2 aliphatic heterocycles. The number of rotatable bonds is 7. The summed E-state index contributed by atoms with van der Waals surface area (Å²) in [5.41, 5.74) is 3.04. The largest absolute Gasteiger partial charge is 0.352 e. The Morgan fingerprint density at radius 3 is 2.61 bits per heavy atom. The Morgan fingerprint density at radius 2 is 1.83 bits per heavy atom. The minimum absolute atomic E-state index is 0.0831. The first-order valence-electron chi connectivity index (χ1n) is 12.1. The number of amides is 5. The van der Waals surface area contributed by atoms with Crippen molar-refractivity contribution in [3.05, 3.63) is 70.9 Å². The zero-order chi connectivity index (χ0) is 25.4. The molecule has 1 fully saturated rings. The van der Waals surface area contributed by atoms with Gasteiger partial charge in [0.25, 0.3) is 17.7 Å². The van der Waals surface area contributed by atoms with Gasteiger partial charge in [0, 0.05) is 36.6 Å². The van der Waals surface area contributed by atoms with Gasteiger partial charge in [-0.3, -0.25) is 34.2 Å². The molecule has 5 rings (SSSR count). The number of aryl methyl sites for hydroxylation is 2. The molecule has 2 aliphatic rings.